The molecule has 0 saturated carbocycles. The third kappa shape index (κ3) is 7.38. The van der Waals surface area contributed by atoms with E-state index in [1.54, 1.807) is 0 Å². The minimum Gasteiger partial charge on any atom is -0.481 e. The van der Waals surface area contributed by atoms with Gasteiger partial charge in [0.15, 0.2) is 0 Å². The van der Waals surface area contributed by atoms with Gasteiger partial charge in [-0.15, -0.1) is 0 Å². The molecule has 20 heavy (non-hydrogen) atoms. The number of benzene rings is 1. The molecule has 0 heterocycles. The van der Waals surface area contributed by atoms with Gasteiger partial charge < -0.3 is 20.5 Å². The van der Waals surface area contributed by atoms with Crippen LogP contribution in [-0.2, 0) is 16.1 Å². The summed E-state index contributed by atoms with van der Waals surface area (Å²) in [6.45, 7) is 2.81. The molecule has 1 rings (SSSR count). The summed E-state index contributed by atoms with van der Waals surface area (Å²) in [5.41, 5.74) is 1.07. The predicted molar refractivity (Wildman–Crippen MR) is 74.3 cm³/mol. The van der Waals surface area contributed by atoms with Crippen LogP contribution in [0.5, 0.6) is 0 Å². The summed E-state index contributed by atoms with van der Waals surface area (Å²) >= 11 is 0. The van der Waals surface area contributed by atoms with E-state index in [1.807, 2.05) is 37.3 Å². The van der Waals surface area contributed by atoms with Crippen molar-refractivity contribution in [2.24, 2.45) is 0 Å². The highest BCUT2D eigenvalue weighted by molar-refractivity contribution is 5.75. The van der Waals surface area contributed by atoms with Gasteiger partial charge >= 0.3 is 12.0 Å². The SMILES string of the molecule is CC(COCc1ccccc1)NC(=O)NCCC(=O)O. The van der Waals surface area contributed by atoms with Gasteiger partial charge in [-0.05, 0) is 12.5 Å². The second-order valence-electron chi connectivity index (χ2n) is 4.45. The van der Waals surface area contributed by atoms with Gasteiger partial charge in [0, 0.05) is 6.54 Å². The van der Waals surface area contributed by atoms with Crippen molar-refractivity contribution in [1.29, 1.82) is 0 Å². The van der Waals surface area contributed by atoms with E-state index in [1.165, 1.54) is 0 Å². The molecule has 0 fully saturated rings. The summed E-state index contributed by atoms with van der Waals surface area (Å²) in [6, 6.07) is 9.22. The third-order valence-electron chi connectivity index (χ3n) is 2.48. The molecule has 0 bridgehead atoms. The Morgan fingerprint density at radius 1 is 1.30 bits per heavy atom. The molecule has 6 heteroatoms. The van der Waals surface area contributed by atoms with Gasteiger partial charge in [-0.3, -0.25) is 4.79 Å². The molecule has 3 N–H and O–H groups in total. The van der Waals surface area contributed by atoms with Crippen LogP contribution in [0.1, 0.15) is 18.9 Å². The van der Waals surface area contributed by atoms with Gasteiger partial charge in [0.2, 0.25) is 0 Å². The zero-order chi connectivity index (χ0) is 14.8. The standard InChI is InChI=1S/C14H20N2O4/c1-11(16-14(19)15-8-7-13(17)18)9-20-10-12-5-3-2-4-6-12/h2-6,11H,7-10H2,1H3,(H,17,18)(H2,15,16,19). The molecule has 110 valence electrons. The van der Waals surface area contributed by atoms with E-state index < -0.39 is 5.97 Å². The maximum absolute atomic E-state index is 11.4. The number of hydrogen-bond acceptors (Lipinski definition) is 3. The van der Waals surface area contributed by atoms with Crippen molar-refractivity contribution in [3.8, 4) is 0 Å². The summed E-state index contributed by atoms with van der Waals surface area (Å²) in [6.07, 6.45) is -0.0910. The molecule has 0 saturated heterocycles. The van der Waals surface area contributed by atoms with Crippen molar-refractivity contribution in [3.05, 3.63) is 35.9 Å². The van der Waals surface area contributed by atoms with Gasteiger partial charge in [-0.1, -0.05) is 30.3 Å². The molecule has 0 aliphatic rings. The molecule has 0 aliphatic carbocycles. The molecule has 1 aromatic rings. The highest BCUT2D eigenvalue weighted by Crippen LogP contribution is 2.00. The second-order valence-corrected chi connectivity index (χ2v) is 4.45. The van der Waals surface area contributed by atoms with Crippen LogP contribution in [0.4, 0.5) is 4.79 Å². The first-order chi connectivity index (χ1) is 9.58. The first kappa shape index (κ1) is 16.0. The first-order valence-electron chi connectivity index (χ1n) is 6.45. The van der Waals surface area contributed by atoms with Crippen molar-refractivity contribution in [1.82, 2.24) is 10.6 Å². The van der Waals surface area contributed by atoms with E-state index in [9.17, 15) is 9.59 Å². The van der Waals surface area contributed by atoms with E-state index in [-0.39, 0.29) is 25.0 Å². The highest BCUT2D eigenvalue weighted by Gasteiger charge is 2.07. The smallest absolute Gasteiger partial charge is 0.315 e. The van der Waals surface area contributed by atoms with Crippen molar-refractivity contribution < 1.29 is 19.4 Å². The fourth-order valence-electron chi connectivity index (χ4n) is 1.53. The summed E-state index contributed by atoms with van der Waals surface area (Å²) < 4.78 is 5.49. The predicted octanol–water partition coefficient (Wildman–Crippen LogP) is 1.37. The first-order valence-corrected chi connectivity index (χ1v) is 6.45. The minimum absolute atomic E-state index is 0.0910. The molecule has 0 aliphatic heterocycles. The molecule has 0 radical (unpaired) electrons. The fraction of sp³-hybridized carbons (Fsp3) is 0.429. The number of hydrogen-bond donors (Lipinski definition) is 3. The molecular formula is C14H20N2O4. The number of amides is 2. The fourth-order valence-corrected chi connectivity index (χ4v) is 1.53. The van der Waals surface area contributed by atoms with Gasteiger partial charge in [-0.25, -0.2) is 4.79 Å². The van der Waals surface area contributed by atoms with E-state index >= 15 is 0 Å². The number of urea groups is 1. The number of carboxylic acid groups (broad SMARTS) is 1. The summed E-state index contributed by atoms with van der Waals surface area (Å²) in [7, 11) is 0. The maximum atomic E-state index is 11.4. The zero-order valence-electron chi connectivity index (χ0n) is 11.5. The number of carboxylic acids is 1. The Balaban J connectivity index is 2.12. The van der Waals surface area contributed by atoms with Gasteiger partial charge in [0.25, 0.3) is 0 Å². The lowest BCUT2D eigenvalue weighted by molar-refractivity contribution is -0.136. The Bertz CT molecular complexity index is 422. The molecule has 6 nitrogen and oxygen atoms in total. The van der Waals surface area contributed by atoms with Gasteiger partial charge in [0.1, 0.15) is 0 Å². The largest absolute Gasteiger partial charge is 0.481 e. The van der Waals surface area contributed by atoms with Crippen LogP contribution < -0.4 is 10.6 Å². The Kier molecular flexibility index (Phi) is 7.13. The molecule has 1 aromatic carbocycles. The Morgan fingerprint density at radius 3 is 2.65 bits per heavy atom. The van der Waals surface area contributed by atoms with Crippen LogP contribution >= 0.6 is 0 Å². The topological polar surface area (TPSA) is 87.7 Å². The molecule has 2 amide bonds. The average molecular weight is 280 g/mol. The number of carbonyl (C=O) groups is 2. The Hall–Kier alpha value is -2.08. The summed E-state index contributed by atoms with van der Waals surface area (Å²) in [4.78, 5) is 21.7. The van der Waals surface area contributed by atoms with Crippen molar-refractivity contribution in [3.63, 3.8) is 0 Å². The number of nitrogens with one attached hydrogen (secondary N) is 2. The minimum atomic E-state index is -0.940. The zero-order valence-corrected chi connectivity index (χ0v) is 11.5. The summed E-state index contributed by atoms with van der Waals surface area (Å²) in [5, 5.41) is 13.6. The molecule has 1 atom stereocenters. The number of ether oxygens (including phenoxy) is 1. The average Bonchev–Trinajstić information content (AvgIpc) is 2.39. The normalized spacial score (nSPS) is 11.7. The molecular weight excluding hydrogens is 260 g/mol. The van der Waals surface area contributed by atoms with Crippen molar-refractivity contribution in [2.45, 2.75) is 26.0 Å². The Labute approximate surface area is 118 Å². The monoisotopic (exact) mass is 280 g/mol. The lowest BCUT2D eigenvalue weighted by atomic mass is 10.2. The lowest BCUT2D eigenvalue weighted by Crippen LogP contribution is -2.43. The molecule has 0 spiro atoms. The maximum Gasteiger partial charge on any atom is 0.315 e. The van der Waals surface area contributed by atoms with Crippen LogP contribution in [-0.4, -0.2) is 36.3 Å². The van der Waals surface area contributed by atoms with E-state index in [4.69, 9.17) is 9.84 Å². The van der Waals surface area contributed by atoms with Crippen LogP contribution in [0.2, 0.25) is 0 Å². The lowest BCUT2D eigenvalue weighted by Gasteiger charge is -2.14. The number of aliphatic carboxylic acids is 1. The second kappa shape index (κ2) is 8.92. The molecule has 1 unspecified atom stereocenters. The van der Waals surface area contributed by atoms with Crippen LogP contribution in [0, 0.1) is 0 Å². The van der Waals surface area contributed by atoms with Crippen LogP contribution in [0.25, 0.3) is 0 Å². The number of rotatable bonds is 8. The highest BCUT2D eigenvalue weighted by atomic mass is 16.5. The quantitative estimate of drug-likeness (QED) is 0.671. The third-order valence-corrected chi connectivity index (χ3v) is 2.48. The molecule has 0 aromatic heterocycles. The van der Waals surface area contributed by atoms with Gasteiger partial charge in [-0.2, -0.15) is 0 Å². The van der Waals surface area contributed by atoms with E-state index in [0.29, 0.717) is 13.2 Å². The van der Waals surface area contributed by atoms with Crippen molar-refractivity contribution >= 4 is 12.0 Å². The van der Waals surface area contributed by atoms with E-state index in [0.717, 1.165) is 5.56 Å². The van der Waals surface area contributed by atoms with Crippen LogP contribution in [0.15, 0.2) is 30.3 Å². The summed E-state index contributed by atoms with van der Waals surface area (Å²) in [5.74, 6) is -0.940. The van der Waals surface area contributed by atoms with E-state index in [2.05, 4.69) is 10.6 Å². The number of carbonyl (C=O) groups excluding carboxylic acids is 1. The van der Waals surface area contributed by atoms with Crippen molar-refractivity contribution in [2.75, 3.05) is 13.2 Å². The van der Waals surface area contributed by atoms with Gasteiger partial charge in [0.05, 0.1) is 25.7 Å². The Morgan fingerprint density at radius 2 is 2.00 bits per heavy atom. The van der Waals surface area contributed by atoms with Crippen LogP contribution in [0.3, 0.4) is 0 Å².